The Balaban J connectivity index is 1.38. The molecule has 0 saturated carbocycles. The van der Waals surface area contributed by atoms with Crippen molar-refractivity contribution in [2.24, 2.45) is 5.41 Å². The number of carbonyl (C=O) groups is 1. The van der Waals surface area contributed by atoms with Gasteiger partial charge in [-0.15, -0.1) is 0 Å². The molecule has 2 aromatic carbocycles. The van der Waals surface area contributed by atoms with Crippen molar-refractivity contribution in [2.75, 3.05) is 26.2 Å². The third-order valence-electron chi connectivity index (χ3n) is 7.53. The Bertz CT molecular complexity index is 872. The fraction of sp³-hybridized carbons (Fsp3) is 0.480. The van der Waals surface area contributed by atoms with E-state index in [-0.39, 0.29) is 17.8 Å². The lowest BCUT2D eigenvalue weighted by atomic mass is 9.69. The average molecular weight is 393 g/mol. The van der Waals surface area contributed by atoms with Gasteiger partial charge in [0.05, 0.1) is 6.04 Å². The molecule has 4 heteroatoms. The number of benzene rings is 2. The molecule has 4 aliphatic heterocycles. The predicted octanol–water partition coefficient (Wildman–Crippen LogP) is 4.57. The summed E-state index contributed by atoms with van der Waals surface area (Å²) in [4.78, 5) is 18.0. The van der Waals surface area contributed by atoms with Gasteiger partial charge in [0.1, 0.15) is 5.82 Å². The molecule has 152 valence electrons. The first-order chi connectivity index (χ1) is 14.1. The standard InChI is InChI=1S/C25H29FN2O/c26-21-7-5-20(6-8-21)24-22-4-2-1-3-19(22)10-15-28(24)23(29)9-11-25-12-16-27(17-13-25)18-14-25/h1-8,24H,9-18H2/t24-/m0/s1. The van der Waals surface area contributed by atoms with Crippen LogP contribution >= 0.6 is 0 Å². The van der Waals surface area contributed by atoms with Gasteiger partial charge in [0.15, 0.2) is 0 Å². The van der Waals surface area contributed by atoms with Crippen molar-refractivity contribution in [1.82, 2.24) is 9.80 Å². The molecule has 2 aromatic rings. The third kappa shape index (κ3) is 3.59. The molecule has 2 bridgehead atoms. The predicted molar refractivity (Wildman–Crippen MR) is 112 cm³/mol. The van der Waals surface area contributed by atoms with E-state index >= 15 is 0 Å². The molecule has 29 heavy (non-hydrogen) atoms. The van der Waals surface area contributed by atoms with Gasteiger partial charge >= 0.3 is 0 Å². The van der Waals surface area contributed by atoms with E-state index < -0.39 is 0 Å². The summed E-state index contributed by atoms with van der Waals surface area (Å²) < 4.78 is 13.5. The van der Waals surface area contributed by atoms with E-state index in [9.17, 15) is 9.18 Å². The van der Waals surface area contributed by atoms with E-state index in [4.69, 9.17) is 0 Å². The summed E-state index contributed by atoms with van der Waals surface area (Å²) in [5.74, 6) is 0.00895. The number of nitrogens with zero attached hydrogens (tertiary/aromatic N) is 2. The highest BCUT2D eigenvalue weighted by molar-refractivity contribution is 5.78. The summed E-state index contributed by atoms with van der Waals surface area (Å²) in [7, 11) is 0. The molecule has 0 aromatic heterocycles. The molecule has 0 spiro atoms. The largest absolute Gasteiger partial charge is 0.331 e. The first-order valence-electron chi connectivity index (χ1n) is 11.0. The molecule has 3 saturated heterocycles. The molecule has 4 aliphatic rings. The Hall–Kier alpha value is -2.20. The topological polar surface area (TPSA) is 23.6 Å². The van der Waals surface area contributed by atoms with Gasteiger partial charge in [0.25, 0.3) is 0 Å². The molecule has 3 nitrogen and oxygen atoms in total. The van der Waals surface area contributed by atoms with E-state index in [1.54, 1.807) is 0 Å². The number of fused-ring (bicyclic) bond motifs is 4. The number of hydrogen-bond acceptors (Lipinski definition) is 2. The molecule has 0 aliphatic carbocycles. The van der Waals surface area contributed by atoms with Crippen LogP contribution < -0.4 is 0 Å². The number of carbonyl (C=O) groups excluding carboxylic acids is 1. The number of amides is 1. The molecular formula is C25H29FN2O. The molecule has 1 atom stereocenters. The van der Waals surface area contributed by atoms with E-state index in [0.717, 1.165) is 24.9 Å². The van der Waals surface area contributed by atoms with Crippen molar-refractivity contribution in [2.45, 2.75) is 44.6 Å². The van der Waals surface area contributed by atoms with Crippen LogP contribution in [0.1, 0.15) is 54.8 Å². The van der Waals surface area contributed by atoms with Crippen molar-refractivity contribution in [1.29, 1.82) is 0 Å². The van der Waals surface area contributed by atoms with E-state index in [1.807, 2.05) is 23.1 Å². The molecule has 4 heterocycles. The van der Waals surface area contributed by atoms with Crippen LogP contribution in [-0.2, 0) is 11.2 Å². The minimum Gasteiger partial charge on any atom is -0.331 e. The number of halogens is 1. The highest BCUT2D eigenvalue weighted by Gasteiger charge is 2.40. The Kier molecular flexibility index (Phi) is 4.91. The molecule has 0 radical (unpaired) electrons. The molecule has 0 N–H and O–H groups in total. The van der Waals surface area contributed by atoms with E-state index in [0.29, 0.717) is 11.8 Å². The lowest BCUT2D eigenvalue weighted by molar-refractivity contribution is -0.134. The van der Waals surface area contributed by atoms with Crippen LogP contribution in [0, 0.1) is 11.2 Å². The SMILES string of the molecule is O=C(CCC12CCN(CC1)CC2)N1CCc2ccccc2[C@@H]1c1ccc(F)cc1. The van der Waals surface area contributed by atoms with Crippen molar-refractivity contribution < 1.29 is 9.18 Å². The minimum absolute atomic E-state index is 0.112. The van der Waals surface area contributed by atoms with Crippen molar-refractivity contribution >= 4 is 5.91 Å². The van der Waals surface area contributed by atoms with Crippen LogP contribution in [-0.4, -0.2) is 41.9 Å². The first kappa shape index (κ1) is 18.8. The lowest BCUT2D eigenvalue weighted by Gasteiger charge is -2.49. The Morgan fingerprint density at radius 2 is 1.66 bits per heavy atom. The molecule has 3 fully saturated rings. The second-order valence-corrected chi connectivity index (χ2v) is 9.08. The summed E-state index contributed by atoms with van der Waals surface area (Å²) >= 11 is 0. The zero-order chi connectivity index (χ0) is 19.8. The second kappa shape index (κ2) is 7.56. The average Bonchev–Trinajstić information content (AvgIpc) is 2.79. The zero-order valence-corrected chi connectivity index (χ0v) is 16.9. The summed E-state index contributed by atoms with van der Waals surface area (Å²) in [6.07, 6.45) is 6.24. The number of rotatable bonds is 4. The zero-order valence-electron chi connectivity index (χ0n) is 16.9. The van der Waals surface area contributed by atoms with Gasteiger partial charge in [0, 0.05) is 13.0 Å². The van der Waals surface area contributed by atoms with Crippen LogP contribution in [0.15, 0.2) is 48.5 Å². The van der Waals surface area contributed by atoms with E-state index in [2.05, 4.69) is 23.1 Å². The van der Waals surface area contributed by atoms with Gasteiger partial charge < -0.3 is 9.80 Å². The Morgan fingerprint density at radius 3 is 2.38 bits per heavy atom. The van der Waals surface area contributed by atoms with Gasteiger partial charge in [-0.3, -0.25) is 4.79 Å². The second-order valence-electron chi connectivity index (χ2n) is 9.08. The van der Waals surface area contributed by atoms with Crippen LogP contribution in [0.2, 0.25) is 0 Å². The van der Waals surface area contributed by atoms with Gasteiger partial charge in [-0.05, 0) is 86.0 Å². The van der Waals surface area contributed by atoms with Crippen LogP contribution in [0.25, 0.3) is 0 Å². The molecule has 6 rings (SSSR count). The maximum absolute atomic E-state index is 13.5. The van der Waals surface area contributed by atoms with Crippen molar-refractivity contribution in [3.8, 4) is 0 Å². The van der Waals surface area contributed by atoms with Gasteiger partial charge in [-0.1, -0.05) is 36.4 Å². The van der Waals surface area contributed by atoms with Crippen LogP contribution in [0.5, 0.6) is 0 Å². The monoisotopic (exact) mass is 392 g/mol. The maximum Gasteiger partial charge on any atom is 0.223 e. The Morgan fingerprint density at radius 1 is 0.966 bits per heavy atom. The summed E-state index contributed by atoms with van der Waals surface area (Å²) in [6.45, 7) is 4.33. The van der Waals surface area contributed by atoms with Crippen molar-refractivity contribution in [3.63, 3.8) is 0 Å². The quantitative estimate of drug-likeness (QED) is 0.761. The van der Waals surface area contributed by atoms with Gasteiger partial charge in [0.2, 0.25) is 5.91 Å². The smallest absolute Gasteiger partial charge is 0.223 e. The normalized spacial score (nSPS) is 28.2. The molecular weight excluding hydrogens is 363 g/mol. The highest BCUT2D eigenvalue weighted by Crippen LogP contribution is 2.44. The van der Waals surface area contributed by atoms with Gasteiger partial charge in [-0.2, -0.15) is 0 Å². The molecule has 0 unspecified atom stereocenters. The van der Waals surface area contributed by atoms with Crippen LogP contribution in [0.4, 0.5) is 4.39 Å². The Labute approximate surface area is 172 Å². The fourth-order valence-corrected chi connectivity index (χ4v) is 5.63. The first-order valence-corrected chi connectivity index (χ1v) is 11.0. The van der Waals surface area contributed by atoms with Crippen molar-refractivity contribution in [3.05, 3.63) is 71.0 Å². The third-order valence-corrected chi connectivity index (χ3v) is 7.53. The van der Waals surface area contributed by atoms with Crippen LogP contribution in [0.3, 0.4) is 0 Å². The summed E-state index contributed by atoms with van der Waals surface area (Å²) in [5.41, 5.74) is 3.85. The lowest BCUT2D eigenvalue weighted by Crippen LogP contribution is -2.48. The maximum atomic E-state index is 13.5. The molecule has 1 amide bonds. The number of piperidine rings is 3. The number of hydrogen-bond donors (Lipinski definition) is 0. The van der Waals surface area contributed by atoms with Gasteiger partial charge in [-0.25, -0.2) is 4.39 Å². The van der Waals surface area contributed by atoms with E-state index in [1.165, 1.54) is 62.2 Å². The highest BCUT2D eigenvalue weighted by atomic mass is 19.1. The minimum atomic E-state index is -0.238. The summed E-state index contributed by atoms with van der Waals surface area (Å²) in [5, 5.41) is 0. The summed E-state index contributed by atoms with van der Waals surface area (Å²) in [6, 6.07) is 14.9. The fourth-order valence-electron chi connectivity index (χ4n) is 5.63.